The molecule has 0 saturated carbocycles. The Morgan fingerprint density at radius 1 is 0.947 bits per heavy atom. The van der Waals surface area contributed by atoms with Crippen LogP contribution >= 0.6 is 22.6 Å². The Kier molecular flexibility index (Phi) is 3.98. The lowest BCUT2D eigenvalue weighted by Gasteiger charge is -2.10. The van der Waals surface area contributed by atoms with E-state index in [1.54, 1.807) is 6.07 Å². The summed E-state index contributed by atoms with van der Waals surface area (Å²) in [5, 5.41) is 0. The van der Waals surface area contributed by atoms with Gasteiger partial charge >= 0.3 is 6.36 Å². The number of rotatable bonds is 2. The third-order valence-corrected chi connectivity index (χ3v) is 3.27. The molecule has 0 saturated heterocycles. The number of benzene rings is 2. The van der Waals surface area contributed by atoms with Crippen LogP contribution in [0.2, 0.25) is 0 Å². The van der Waals surface area contributed by atoms with Gasteiger partial charge in [0, 0.05) is 3.57 Å². The van der Waals surface area contributed by atoms with Crippen LogP contribution in [0, 0.1) is 9.39 Å². The second kappa shape index (κ2) is 5.36. The van der Waals surface area contributed by atoms with Crippen molar-refractivity contribution in [2.24, 2.45) is 0 Å². The molecular formula is C13H7F4IO. The van der Waals surface area contributed by atoms with Crippen molar-refractivity contribution < 1.29 is 22.3 Å². The summed E-state index contributed by atoms with van der Waals surface area (Å²) >= 11 is 2.03. The molecule has 100 valence electrons. The Morgan fingerprint density at radius 2 is 1.58 bits per heavy atom. The lowest BCUT2D eigenvalue weighted by Crippen LogP contribution is -2.16. The van der Waals surface area contributed by atoms with Crippen molar-refractivity contribution in [2.45, 2.75) is 6.36 Å². The van der Waals surface area contributed by atoms with Crippen molar-refractivity contribution >= 4 is 22.6 Å². The van der Waals surface area contributed by atoms with E-state index < -0.39 is 12.2 Å². The molecular weight excluding hydrogens is 375 g/mol. The molecule has 2 aromatic rings. The monoisotopic (exact) mass is 382 g/mol. The fourth-order valence-corrected chi connectivity index (χ4v) is 2.20. The van der Waals surface area contributed by atoms with Crippen molar-refractivity contribution in [1.82, 2.24) is 0 Å². The summed E-state index contributed by atoms with van der Waals surface area (Å²) in [6.07, 6.45) is -4.71. The zero-order chi connectivity index (χ0) is 14.0. The number of halogens is 5. The van der Waals surface area contributed by atoms with Crippen LogP contribution in [0.5, 0.6) is 5.75 Å². The van der Waals surface area contributed by atoms with E-state index in [-0.39, 0.29) is 5.75 Å². The minimum absolute atomic E-state index is 0.303. The minimum Gasteiger partial charge on any atom is -0.406 e. The first-order valence-electron chi connectivity index (χ1n) is 5.16. The number of ether oxygens (including phenoxy) is 1. The Morgan fingerprint density at radius 3 is 2.16 bits per heavy atom. The Bertz CT molecular complexity index is 578. The molecule has 0 aliphatic carbocycles. The quantitative estimate of drug-likeness (QED) is 0.525. The molecule has 0 spiro atoms. The fourth-order valence-electron chi connectivity index (χ4n) is 1.55. The summed E-state index contributed by atoms with van der Waals surface area (Å²) in [6, 6.07) is 9.57. The van der Waals surface area contributed by atoms with Crippen LogP contribution in [0.3, 0.4) is 0 Å². The van der Waals surface area contributed by atoms with Crippen LogP contribution in [-0.4, -0.2) is 6.36 Å². The zero-order valence-corrected chi connectivity index (χ0v) is 11.5. The maximum Gasteiger partial charge on any atom is 0.573 e. The molecule has 0 aliphatic rings. The molecule has 1 nitrogen and oxygen atoms in total. The topological polar surface area (TPSA) is 9.23 Å². The predicted molar refractivity (Wildman–Crippen MR) is 71.2 cm³/mol. The first-order chi connectivity index (χ1) is 8.85. The maximum atomic E-state index is 13.2. The molecule has 2 aromatic carbocycles. The van der Waals surface area contributed by atoms with Crippen LogP contribution in [0.1, 0.15) is 0 Å². The zero-order valence-electron chi connectivity index (χ0n) is 9.34. The van der Waals surface area contributed by atoms with Gasteiger partial charge in [0.05, 0.1) is 0 Å². The molecule has 0 atom stereocenters. The highest BCUT2D eigenvalue weighted by molar-refractivity contribution is 14.1. The lowest BCUT2D eigenvalue weighted by molar-refractivity contribution is -0.274. The van der Waals surface area contributed by atoms with Crippen molar-refractivity contribution in [2.75, 3.05) is 0 Å². The second-order valence-corrected chi connectivity index (χ2v) is 4.86. The van der Waals surface area contributed by atoms with Crippen molar-refractivity contribution in [3.63, 3.8) is 0 Å². The van der Waals surface area contributed by atoms with Crippen LogP contribution in [0.4, 0.5) is 17.6 Å². The summed E-state index contributed by atoms with van der Waals surface area (Å²) in [5.74, 6) is -0.700. The van der Waals surface area contributed by atoms with Crippen LogP contribution in [0.15, 0.2) is 42.5 Å². The van der Waals surface area contributed by atoms with E-state index in [0.29, 0.717) is 11.1 Å². The lowest BCUT2D eigenvalue weighted by atomic mass is 10.1. The fraction of sp³-hybridized carbons (Fsp3) is 0.0769. The second-order valence-electron chi connectivity index (χ2n) is 3.70. The van der Waals surface area contributed by atoms with Crippen LogP contribution < -0.4 is 4.74 Å². The van der Waals surface area contributed by atoms with E-state index >= 15 is 0 Å². The van der Waals surface area contributed by atoms with E-state index in [4.69, 9.17) is 0 Å². The van der Waals surface area contributed by atoms with Gasteiger partial charge in [0.2, 0.25) is 0 Å². The van der Waals surface area contributed by atoms with Gasteiger partial charge in [-0.15, -0.1) is 13.2 Å². The van der Waals surface area contributed by atoms with Gasteiger partial charge < -0.3 is 4.74 Å². The van der Waals surface area contributed by atoms with E-state index in [9.17, 15) is 17.6 Å². The van der Waals surface area contributed by atoms with Crippen LogP contribution in [0.25, 0.3) is 11.1 Å². The minimum atomic E-state index is -4.71. The molecule has 19 heavy (non-hydrogen) atoms. The van der Waals surface area contributed by atoms with Gasteiger partial charge in [0.15, 0.2) is 0 Å². The molecule has 0 amide bonds. The SMILES string of the molecule is Fc1ccc(I)c(-c2ccc(OC(F)(F)F)cc2)c1. The number of hydrogen-bond donors (Lipinski definition) is 0. The first-order valence-corrected chi connectivity index (χ1v) is 6.24. The molecule has 0 radical (unpaired) electrons. The van der Waals surface area contributed by atoms with Gasteiger partial charge in [-0.3, -0.25) is 0 Å². The summed E-state index contributed by atoms with van der Waals surface area (Å²) < 4.78 is 53.8. The molecule has 0 fully saturated rings. The van der Waals surface area contributed by atoms with Crippen molar-refractivity contribution in [3.05, 3.63) is 51.9 Å². The predicted octanol–water partition coefficient (Wildman–Crippen LogP) is 5.00. The van der Waals surface area contributed by atoms with Gasteiger partial charge in [0.1, 0.15) is 11.6 Å². The summed E-state index contributed by atoms with van der Waals surface area (Å²) in [4.78, 5) is 0. The van der Waals surface area contributed by atoms with E-state index in [2.05, 4.69) is 4.74 Å². The Balaban J connectivity index is 2.30. The highest BCUT2D eigenvalue weighted by atomic mass is 127. The third kappa shape index (κ3) is 3.82. The van der Waals surface area contributed by atoms with Gasteiger partial charge in [-0.2, -0.15) is 0 Å². The van der Waals surface area contributed by atoms with Gasteiger partial charge in [-0.25, -0.2) is 4.39 Å². The molecule has 2 rings (SSSR count). The molecule has 0 aromatic heterocycles. The number of hydrogen-bond acceptors (Lipinski definition) is 1. The van der Waals surface area contributed by atoms with E-state index in [0.717, 1.165) is 3.57 Å². The Hall–Kier alpha value is -1.31. The Labute approximate surface area is 120 Å². The van der Waals surface area contributed by atoms with Gasteiger partial charge in [-0.05, 0) is 64.0 Å². The van der Waals surface area contributed by atoms with Gasteiger partial charge in [-0.1, -0.05) is 12.1 Å². The molecule has 0 bridgehead atoms. The molecule has 0 heterocycles. The average Bonchev–Trinajstić information content (AvgIpc) is 2.31. The first kappa shape index (κ1) is 14.1. The maximum absolute atomic E-state index is 13.2. The molecule has 0 N–H and O–H groups in total. The average molecular weight is 382 g/mol. The van der Waals surface area contributed by atoms with E-state index in [1.165, 1.54) is 36.4 Å². The molecule has 6 heteroatoms. The number of alkyl halides is 3. The summed E-state index contributed by atoms with van der Waals surface area (Å²) in [5.41, 5.74) is 1.25. The highest BCUT2D eigenvalue weighted by Gasteiger charge is 2.30. The highest BCUT2D eigenvalue weighted by Crippen LogP contribution is 2.29. The summed E-state index contributed by atoms with van der Waals surface area (Å²) in [7, 11) is 0. The van der Waals surface area contributed by atoms with E-state index in [1.807, 2.05) is 22.6 Å². The summed E-state index contributed by atoms with van der Waals surface area (Å²) in [6.45, 7) is 0. The normalized spacial score (nSPS) is 11.4. The van der Waals surface area contributed by atoms with Crippen molar-refractivity contribution in [1.29, 1.82) is 0 Å². The molecule has 0 unspecified atom stereocenters. The standard InChI is InChI=1S/C13H7F4IO/c14-9-3-6-12(18)11(7-9)8-1-4-10(5-2-8)19-13(15,16)17/h1-7H. The van der Waals surface area contributed by atoms with Gasteiger partial charge in [0.25, 0.3) is 0 Å². The largest absolute Gasteiger partial charge is 0.573 e. The molecule has 0 aliphatic heterocycles. The van der Waals surface area contributed by atoms with Crippen molar-refractivity contribution in [3.8, 4) is 16.9 Å². The third-order valence-electron chi connectivity index (χ3n) is 2.33. The smallest absolute Gasteiger partial charge is 0.406 e. The van der Waals surface area contributed by atoms with Crippen LogP contribution in [-0.2, 0) is 0 Å².